The predicted octanol–water partition coefficient (Wildman–Crippen LogP) is 4.34. The van der Waals surface area contributed by atoms with E-state index in [2.05, 4.69) is 22.0 Å². The molecule has 3 rings (SSSR count). The number of benzene rings is 2. The smallest absolute Gasteiger partial charge is 0.340 e. The van der Waals surface area contributed by atoms with Gasteiger partial charge in [-0.3, -0.25) is 0 Å². The van der Waals surface area contributed by atoms with Crippen molar-refractivity contribution >= 4 is 32.8 Å². The molecule has 0 spiro atoms. The molecule has 1 N–H and O–H groups in total. The molecule has 162 valence electrons. The summed E-state index contributed by atoms with van der Waals surface area (Å²) in [6.45, 7) is 2.54. The van der Waals surface area contributed by atoms with Gasteiger partial charge in [0.15, 0.2) is 0 Å². The van der Waals surface area contributed by atoms with Crippen LogP contribution < -0.4 is 4.74 Å². The summed E-state index contributed by atoms with van der Waals surface area (Å²) in [4.78, 5) is 14.9. The molecule has 1 aromatic heterocycles. The second-order valence-corrected chi connectivity index (χ2v) is 8.20. The predicted molar refractivity (Wildman–Crippen MR) is 121 cm³/mol. The lowest BCUT2D eigenvalue weighted by Gasteiger charge is -2.15. The Morgan fingerprint density at radius 2 is 1.97 bits per heavy atom. The molecule has 0 radical (unpaired) electrons. The third-order valence-electron chi connectivity index (χ3n) is 4.95. The molecule has 0 amide bonds. The molecule has 0 aliphatic carbocycles. The van der Waals surface area contributed by atoms with Gasteiger partial charge < -0.3 is 24.0 Å². The molecule has 2 aromatic carbocycles. The van der Waals surface area contributed by atoms with Gasteiger partial charge in [-0.05, 0) is 67.3 Å². The number of rotatable bonds is 7. The van der Waals surface area contributed by atoms with Gasteiger partial charge in [-0.15, -0.1) is 0 Å². The van der Waals surface area contributed by atoms with E-state index in [4.69, 9.17) is 14.7 Å². The van der Waals surface area contributed by atoms with Crippen molar-refractivity contribution in [1.29, 1.82) is 5.26 Å². The molecular formula is C23H24BrN3O4. The highest BCUT2D eigenvalue weighted by atomic mass is 79.9. The zero-order valence-corrected chi connectivity index (χ0v) is 19.5. The van der Waals surface area contributed by atoms with Gasteiger partial charge in [0.25, 0.3) is 0 Å². The minimum atomic E-state index is -0.465. The number of ether oxygens (including phenoxy) is 2. The summed E-state index contributed by atoms with van der Waals surface area (Å²) in [6.07, 6.45) is 0. The molecule has 0 saturated carbocycles. The zero-order chi connectivity index (χ0) is 22.7. The molecule has 8 heteroatoms. The Balaban J connectivity index is 2.17. The van der Waals surface area contributed by atoms with Crippen LogP contribution in [0.25, 0.3) is 10.9 Å². The van der Waals surface area contributed by atoms with Gasteiger partial charge in [0.2, 0.25) is 0 Å². The Labute approximate surface area is 189 Å². The number of hydrogen-bond donors (Lipinski definition) is 1. The van der Waals surface area contributed by atoms with Crippen LogP contribution in [0.3, 0.4) is 0 Å². The van der Waals surface area contributed by atoms with E-state index in [1.54, 1.807) is 37.3 Å². The molecule has 0 unspecified atom stereocenters. The van der Waals surface area contributed by atoms with Gasteiger partial charge in [-0.25, -0.2) is 4.79 Å². The fraction of sp³-hybridized carbons (Fsp3) is 0.304. The standard InChI is InChI=1S/C23H24BrN3O4/c1-5-30-23(29)21-19(13-31-15-8-6-14(11-25)7-9-15)27(4)18-10-17(24)22(28)16(20(18)21)12-26(2)3/h6-10,28H,5,12-13H2,1-4H3. The molecule has 1 heterocycles. The van der Waals surface area contributed by atoms with Gasteiger partial charge in [-0.1, -0.05) is 0 Å². The number of aromatic hydroxyl groups is 1. The molecular weight excluding hydrogens is 462 g/mol. The Bertz CT molecular complexity index is 1160. The number of phenolic OH excluding ortho intramolecular Hbond substituents is 1. The van der Waals surface area contributed by atoms with Crippen LogP contribution in [-0.4, -0.2) is 41.2 Å². The Hall–Kier alpha value is -3.02. The Morgan fingerprint density at radius 3 is 2.55 bits per heavy atom. The molecule has 0 fully saturated rings. The van der Waals surface area contributed by atoms with E-state index < -0.39 is 5.97 Å². The molecule has 31 heavy (non-hydrogen) atoms. The quantitative estimate of drug-likeness (QED) is 0.500. The van der Waals surface area contributed by atoms with E-state index in [-0.39, 0.29) is 19.0 Å². The lowest BCUT2D eigenvalue weighted by Crippen LogP contribution is -2.13. The first-order valence-corrected chi connectivity index (χ1v) is 10.5. The lowest BCUT2D eigenvalue weighted by atomic mass is 10.0. The van der Waals surface area contributed by atoms with Gasteiger partial charge in [0.05, 0.1) is 39.5 Å². The van der Waals surface area contributed by atoms with Crippen LogP contribution in [0.5, 0.6) is 11.5 Å². The van der Waals surface area contributed by atoms with E-state index >= 15 is 0 Å². The third kappa shape index (κ3) is 4.53. The van der Waals surface area contributed by atoms with Crippen LogP contribution in [0, 0.1) is 11.3 Å². The number of aryl methyl sites for hydroxylation is 1. The minimum Gasteiger partial charge on any atom is -0.506 e. The van der Waals surface area contributed by atoms with E-state index in [0.29, 0.717) is 44.5 Å². The van der Waals surface area contributed by atoms with Gasteiger partial charge in [0, 0.05) is 24.5 Å². The molecule has 0 bridgehead atoms. The molecule has 7 nitrogen and oxygen atoms in total. The second kappa shape index (κ2) is 9.41. The number of halogens is 1. The number of carbonyl (C=O) groups excluding carboxylic acids is 1. The average Bonchev–Trinajstić information content (AvgIpc) is 3.01. The number of aromatic nitrogens is 1. The van der Waals surface area contributed by atoms with Crippen molar-refractivity contribution in [2.75, 3.05) is 20.7 Å². The van der Waals surface area contributed by atoms with E-state index in [1.807, 2.05) is 30.6 Å². The number of nitrogens with zero attached hydrogens (tertiary/aromatic N) is 3. The second-order valence-electron chi connectivity index (χ2n) is 7.34. The minimum absolute atomic E-state index is 0.0944. The average molecular weight is 486 g/mol. The largest absolute Gasteiger partial charge is 0.506 e. The lowest BCUT2D eigenvalue weighted by molar-refractivity contribution is 0.0525. The number of carbonyl (C=O) groups is 1. The molecule has 0 aliphatic heterocycles. The van der Waals surface area contributed by atoms with Crippen LogP contribution in [0.2, 0.25) is 0 Å². The van der Waals surface area contributed by atoms with Crippen LogP contribution in [0.15, 0.2) is 34.8 Å². The van der Waals surface area contributed by atoms with Crippen molar-refractivity contribution < 1.29 is 19.4 Å². The van der Waals surface area contributed by atoms with E-state index in [1.165, 1.54) is 0 Å². The van der Waals surface area contributed by atoms with Crippen molar-refractivity contribution in [3.8, 4) is 17.6 Å². The first-order chi connectivity index (χ1) is 14.8. The van der Waals surface area contributed by atoms with Gasteiger partial charge in [0.1, 0.15) is 18.1 Å². The number of fused-ring (bicyclic) bond motifs is 1. The number of phenols is 1. The topological polar surface area (TPSA) is 87.7 Å². The summed E-state index contributed by atoms with van der Waals surface area (Å²) < 4.78 is 13.7. The first-order valence-electron chi connectivity index (χ1n) is 9.74. The molecule has 0 atom stereocenters. The third-order valence-corrected chi connectivity index (χ3v) is 5.56. The molecule has 0 aliphatic rings. The summed E-state index contributed by atoms with van der Waals surface area (Å²) in [5, 5.41) is 20.4. The van der Waals surface area contributed by atoms with Crippen molar-refractivity contribution in [3.63, 3.8) is 0 Å². The maximum Gasteiger partial charge on any atom is 0.340 e. The number of esters is 1. The van der Waals surface area contributed by atoms with Gasteiger partial charge >= 0.3 is 5.97 Å². The highest BCUT2D eigenvalue weighted by Crippen LogP contribution is 2.40. The highest BCUT2D eigenvalue weighted by Gasteiger charge is 2.27. The van der Waals surface area contributed by atoms with Gasteiger partial charge in [-0.2, -0.15) is 5.26 Å². The van der Waals surface area contributed by atoms with Crippen molar-refractivity contribution in [2.24, 2.45) is 7.05 Å². The number of hydrogen-bond acceptors (Lipinski definition) is 6. The van der Waals surface area contributed by atoms with Crippen LogP contribution >= 0.6 is 15.9 Å². The number of nitriles is 1. The summed E-state index contributed by atoms with van der Waals surface area (Å²) in [6, 6.07) is 10.6. The summed E-state index contributed by atoms with van der Waals surface area (Å²) in [7, 11) is 5.65. The van der Waals surface area contributed by atoms with Crippen molar-refractivity contribution in [2.45, 2.75) is 20.1 Å². The van der Waals surface area contributed by atoms with Crippen LogP contribution in [0.4, 0.5) is 0 Å². The Kier molecular flexibility index (Phi) is 6.88. The SMILES string of the molecule is CCOC(=O)c1c(COc2ccc(C#N)cc2)n(C)c2cc(Br)c(O)c(CN(C)C)c12. The normalized spacial score (nSPS) is 11.0. The Morgan fingerprint density at radius 1 is 1.29 bits per heavy atom. The fourth-order valence-corrected chi connectivity index (χ4v) is 3.97. The van der Waals surface area contributed by atoms with Crippen LogP contribution in [-0.2, 0) is 24.9 Å². The fourth-order valence-electron chi connectivity index (χ4n) is 3.52. The zero-order valence-electron chi connectivity index (χ0n) is 17.9. The maximum absolute atomic E-state index is 13.0. The maximum atomic E-state index is 13.0. The van der Waals surface area contributed by atoms with Crippen LogP contribution in [0.1, 0.15) is 34.1 Å². The van der Waals surface area contributed by atoms with Crippen molar-refractivity contribution in [1.82, 2.24) is 9.47 Å². The first kappa shape index (κ1) is 22.7. The van der Waals surface area contributed by atoms with E-state index in [0.717, 1.165) is 5.52 Å². The monoisotopic (exact) mass is 485 g/mol. The summed E-state index contributed by atoms with van der Waals surface area (Å²) >= 11 is 3.43. The summed E-state index contributed by atoms with van der Waals surface area (Å²) in [5.41, 5.74) is 2.97. The summed E-state index contributed by atoms with van der Waals surface area (Å²) in [5.74, 6) is 0.210. The van der Waals surface area contributed by atoms with Crippen molar-refractivity contribution in [3.05, 3.63) is 57.2 Å². The molecule has 3 aromatic rings. The van der Waals surface area contributed by atoms with E-state index in [9.17, 15) is 9.90 Å². The molecule has 0 saturated heterocycles. The highest BCUT2D eigenvalue weighted by molar-refractivity contribution is 9.10.